The van der Waals surface area contributed by atoms with E-state index in [2.05, 4.69) is 50.5 Å². The number of rotatable bonds is 21. The zero-order chi connectivity index (χ0) is 21.7. The fourth-order valence-electron chi connectivity index (χ4n) is 3.25. The van der Waals surface area contributed by atoms with Crippen LogP contribution in [0.25, 0.3) is 0 Å². The van der Waals surface area contributed by atoms with E-state index in [1.54, 1.807) is 0 Å². The van der Waals surface area contributed by atoms with Crippen LogP contribution in [0.4, 0.5) is 17.8 Å². The first kappa shape index (κ1) is 29.7. The van der Waals surface area contributed by atoms with Crippen LogP contribution < -0.4 is 21.7 Å². The maximum Gasteiger partial charge on any atom is 0.229 e. The third-order valence-electron chi connectivity index (χ3n) is 5.01. The molecule has 0 amide bonds. The van der Waals surface area contributed by atoms with Gasteiger partial charge in [0, 0.05) is 25.4 Å². The smallest absolute Gasteiger partial charge is 0.229 e. The predicted octanol–water partition coefficient (Wildman–Crippen LogP) is 5.72. The van der Waals surface area contributed by atoms with E-state index in [0.717, 1.165) is 31.7 Å². The number of anilines is 3. The molecule has 0 spiro atoms. The second kappa shape index (κ2) is 21.9. The zero-order valence-corrected chi connectivity index (χ0v) is 20.0. The highest BCUT2D eigenvalue weighted by molar-refractivity contribution is 7.80. The summed E-state index contributed by atoms with van der Waals surface area (Å²) < 4.78 is 0. The van der Waals surface area contributed by atoms with Gasteiger partial charge in [-0.05, 0) is 19.4 Å². The van der Waals surface area contributed by atoms with E-state index in [-0.39, 0.29) is 7.43 Å². The van der Waals surface area contributed by atoms with Gasteiger partial charge >= 0.3 is 0 Å². The summed E-state index contributed by atoms with van der Waals surface area (Å²) in [4.78, 5) is 13.3. The largest absolute Gasteiger partial charge is 0.354 e. The molecule has 0 unspecified atom stereocenters. The third kappa shape index (κ3) is 17.0. The summed E-state index contributed by atoms with van der Waals surface area (Å²) in [5.41, 5.74) is 5.55. The average Bonchev–Trinajstić information content (AvgIpc) is 2.75. The van der Waals surface area contributed by atoms with Crippen molar-refractivity contribution in [1.82, 2.24) is 15.0 Å². The van der Waals surface area contributed by atoms with Crippen molar-refractivity contribution < 1.29 is 0 Å². The molecule has 1 rings (SSSR count). The van der Waals surface area contributed by atoms with E-state index in [1.165, 1.54) is 70.6 Å². The van der Waals surface area contributed by atoms with Gasteiger partial charge in [-0.3, -0.25) is 0 Å². The molecule has 7 nitrogen and oxygen atoms in total. The highest BCUT2D eigenvalue weighted by Crippen LogP contribution is 2.13. The number of thiol groups is 1. The van der Waals surface area contributed by atoms with Gasteiger partial charge in [-0.15, -0.1) is 0 Å². The highest BCUT2D eigenvalue weighted by Gasteiger charge is 2.06. The minimum absolute atomic E-state index is 0. The lowest BCUT2D eigenvalue weighted by molar-refractivity contribution is 0.546. The maximum absolute atomic E-state index is 5.55. The molecule has 1 heterocycles. The highest BCUT2D eigenvalue weighted by atomic mass is 32.1. The van der Waals surface area contributed by atoms with Gasteiger partial charge in [-0.1, -0.05) is 85.0 Å². The molecule has 0 saturated heterocycles. The SMILES string of the molecule is C.CCCCCCCCCCCCCCNc1nc(NCCS)nc(NCCCN)n1. The number of hydrogen-bond donors (Lipinski definition) is 5. The molecule has 5 N–H and O–H groups in total. The first-order chi connectivity index (χ1) is 14.8. The molecular formula is C23H49N7S. The molecule has 1 aromatic heterocycles. The Kier molecular flexibility index (Phi) is 21.0. The Labute approximate surface area is 197 Å². The molecule has 182 valence electrons. The van der Waals surface area contributed by atoms with Crippen LogP contribution >= 0.6 is 12.6 Å². The van der Waals surface area contributed by atoms with Crippen LogP contribution in [-0.2, 0) is 0 Å². The number of aromatic nitrogens is 3. The summed E-state index contributed by atoms with van der Waals surface area (Å²) in [5.74, 6) is 2.50. The molecule has 1 aromatic rings. The van der Waals surface area contributed by atoms with Crippen molar-refractivity contribution in [3.63, 3.8) is 0 Å². The molecule has 0 aliphatic heterocycles. The Hall–Kier alpha value is -1.28. The van der Waals surface area contributed by atoms with Crippen LogP contribution in [-0.4, -0.2) is 46.9 Å². The number of nitrogens with two attached hydrogens (primary N) is 1. The Balaban J connectivity index is 0.00000900. The van der Waals surface area contributed by atoms with Crippen molar-refractivity contribution in [3.8, 4) is 0 Å². The fraction of sp³-hybridized carbons (Fsp3) is 0.870. The van der Waals surface area contributed by atoms with Crippen molar-refractivity contribution in [3.05, 3.63) is 0 Å². The van der Waals surface area contributed by atoms with Gasteiger partial charge in [0.1, 0.15) is 0 Å². The molecule has 0 aliphatic carbocycles. The van der Waals surface area contributed by atoms with Crippen molar-refractivity contribution in [2.75, 3.05) is 47.9 Å². The fourth-order valence-corrected chi connectivity index (χ4v) is 3.36. The Bertz CT molecular complexity index is 517. The van der Waals surface area contributed by atoms with Gasteiger partial charge in [0.15, 0.2) is 0 Å². The summed E-state index contributed by atoms with van der Waals surface area (Å²) in [6.45, 7) is 5.28. The van der Waals surface area contributed by atoms with Gasteiger partial charge in [0.2, 0.25) is 17.8 Å². The average molecular weight is 456 g/mol. The summed E-state index contributed by atoms with van der Waals surface area (Å²) in [6.07, 6.45) is 17.1. The van der Waals surface area contributed by atoms with E-state index >= 15 is 0 Å². The van der Waals surface area contributed by atoms with E-state index in [9.17, 15) is 0 Å². The number of nitrogens with one attached hydrogen (secondary N) is 3. The molecule has 31 heavy (non-hydrogen) atoms. The van der Waals surface area contributed by atoms with Crippen LogP contribution in [0.2, 0.25) is 0 Å². The van der Waals surface area contributed by atoms with Crippen molar-refractivity contribution >= 4 is 30.5 Å². The summed E-state index contributed by atoms with van der Waals surface area (Å²) in [6, 6.07) is 0. The second-order valence-electron chi connectivity index (χ2n) is 7.84. The van der Waals surface area contributed by atoms with Crippen LogP contribution in [0.15, 0.2) is 0 Å². The number of hydrogen-bond acceptors (Lipinski definition) is 8. The van der Waals surface area contributed by atoms with Crippen LogP contribution in [0.5, 0.6) is 0 Å². The Morgan fingerprint density at radius 3 is 1.42 bits per heavy atom. The minimum Gasteiger partial charge on any atom is -0.354 e. The second-order valence-corrected chi connectivity index (χ2v) is 8.29. The molecule has 0 radical (unpaired) electrons. The lowest BCUT2D eigenvalue weighted by Gasteiger charge is -2.11. The minimum atomic E-state index is 0. The lowest BCUT2D eigenvalue weighted by atomic mass is 10.1. The van der Waals surface area contributed by atoms with Crippen molar-refractivity contribution in [2.24, 2.45) is 5.73 Å². The monoisotopic (exact) mass is 455 g/mol. The Morgan fingerprint density at radius 1 is 0.613 bits per heavy atom. The normalized spacial score (nSPS) is 10.5. The molecule has 0 aliphatic rings. The van der Waals surface area contributed by atoms with Crippen molar-refractivity contribution in [2.45, 2.75) is 97.8 Å². The van der Waals surface area contributed by atoms with E-state index < -0.39 is 0 Å². The van der Waals surface area contributed by atoms with Gasteiger partial charge in [0.05, 0.1) is 0 Å². The first-order valence-corrected chi connectivity index (χ1v) is 12.7. The summed E-state index contributed by atoms with van der Waals surface area (Å²) in [7, 11) is 0. The molecule has 0 aromatic carbocycles. The molecular weight excluding hydrogens is 406 g/mol. The van der Waals surface area contributed by atoms with Crippen LogP contribution in [0.1, 0.15) is 97.8 Å². The van der Waals surface area contributed by atoms with Gasteiger partial charge in [-0.25, -0.2) is 0 Å². The maximum atomic E-state index is 5.55. The van der Waals surface area contributed by atoms with Gasteiger partial charge < -0.3 is 21.7 Å². The van der Waals surface area contributed by atoms with Gasteiger partial charge in [-0.2, -0.15) is 27.6 Å². The lowest BCUT2D eigenvalue weighted by Crippen LogP contribution is -2.15. The first-order valence-electron chi connectivity index (χ1n) is 12.1. The van der Waals surface area contributed by atoms with Crippen LogP contribution in [0, 0.1) is 0 Å². The van der Waals surface area contributed by atoms with E-state index in [1.807, 2.05) is 0 Å². The summed E-state index contributed by atoms with van der Waals surface area (Å²) >= 11 is 4.23. The summed E-state index contributed by atoms with van der Waals surface area (Å²) in [5, 5.41) is 9.72. The Morgan fingerprint density at radius 2 is 1.00 bits per heavy atom. The molecule has 0 atom stereocenters. The quantitative estimate of drug-likeness (QED) is 0.119. The molecule has 0 saturated carbocycles. The van der Waals surface area contributed by atoms with Gasteiger partial charge in [0.25, 0.3) is 0 Å². The zero-order valence-electron chi connectivity index (χ0n) is 19.1. The standard InChI is InChI=1S/C22H45N7S.CH4/c1-2-3-4-5-6-7-8-9-10-11-12-13-16-24-20-27-21(25-17-14-15-23)29-22(28-20)26-18-19-30;/h30H,2-19,23H2,1H3,(H3,24,25,26,27,28,29);1H4. The van der Waals surface area contributed by atoms with Crippen molar-refractivity contribution in [1.29, 1.82) is 0 Å². The third-order valence-corrected chi connectivity index (χ3v) is 5.23. The number of nitrogens with zero attached hydrogens (tertiary/aromatic N) is 3. The van der Waals surface area contributed by atoms with E-state index in [0.29, 0.717) is 30.9 Å². The number of unbranched alkanes of at least 4 members (excludes halogenated alkanes) is 11. The van der Waals surface area contributed by atoms with E-state index in [4.69, 9.17) is 5.73 Å². The van der Waals surface area contributed by atoms with Crippen LogP contribution in [0.3, 0.4) is 0 Å². The molecule has 8 heteroatoms. The molecule has 0 fully saturated rings. The predicted molar refractivity (Wildman–Crippen MR) is 141 cm³/mol. The topological polar surface area (TPSA) is 101 Å². The molecule has 0 bridgehead atoms.